The molecule has 0 unspecified atom stereocenters. The summed E-state index contributed by atoms with van der Waals surface area (Å²) in [5, 5.41) is 35.1. The Labute approximate surface area is 332 Å². The molecular weight excluding hydrogens is 769 g/mol. The molecule has 0 atom stereocenters. The molecule has 0 aliphatic heterocycles. The molecule has 1 aliphatic carbocycles. The van der Waals surface area contributed by atoms with Gasteiger partial charge in [-0.05, 0) is 94.9 Å². The summed E-state index contributed by atoms with van der Waals surface area (Å²) in [5.74, 6) is 0. The van der Waals surface area contributed by atoms with E-state index in [0.717, 1.165) is 59.0 Å². The molecule has 1 aliphatic rings. The van der Waals surface area contributed by atoms with E-state index in [1.807, 2.05) is 91.0 Å². The van der Waals surface area contributed by atoms with Crippen molar-refractivity contribution in [2.75, 3.05) is 5.73 Å². The van der Waals surface area contributed by atoms with E-state index in [4.69, 9.17) is 38.8 Å². The number of azo groups is 1. The number of thiol groups is 3. The predicted molar refractivity (Wildman–Crippen MR) is 228 cm³/mol. The van der Waals surface area contributed by atoms with Crippen molar-refractivity contribution in [1.82, 2.24) is 15.0 Å². The number of hydrogen-bond acceptors (Lipinski definition) is 12. The largest absolute Gasteiger partial charge is 0.399 e. The minimum atomic E-state index is -4.23. The van der Waals surface area contributed by atoms with Crippen LogP contribution in [0.1, 0.15) is 22.3 Å². The summed E-state index contributed by atoms with van der Waals surface area (Å²) in [4.78, 5) is 3.90. The quantitative estimate of drug-likeness (QED) is 0.0289. The second kappa shape index (κ2) is 15.5. The molecule has 5 N–H and O–H groups in total. The number of fused-ring (bicyclic) bond motifs is 4. The van der Waals surface area contributed by atoms with E-state index in [1.54, 1.807) is 23.0 Å². The smallest absolute Gasteiger partial charge is 0.294 e. The van der Waals surface area contributed by atoms with Gasteiger partial charge in [-0.1, -0.05) is 60.7 Å². The highest BCUT2D eigenvalue weighted by Gasteiger charge is 2.18. The second-order valence-corrected chi connectivity index (χ2v) is 15.1. The van der Waals surface area contributed by atoms with E-state index in [1.165, 1.54) is 24.3 Å². The fraction of sp³-hybridized carbons (Fsp3) is 0. The van der Waals surface area contributed by atoms with Crippen LogP contribution in [-0.2, 0) is 10.1 Å². The molecule has 8 rings (SSSR count). The van der Waals surface area contributed by atoms with Crippen molar-refractivity contribution in [2.45, 2.75) is 19.6 Å². The Kier molecular flexibility index (Phi) is 10.6. The number of anilines is 1. The first-order valence-corrected chi connectivity index (χ1v) is 19.2. The van der Waals surface area contributed by atoms with E-state index in [-0.39, 0.29) is 16.3 Å². The lowest BCUT2D eigenvalue weighted by Crippen LogP contribution is -2.16. The van der Waals surface area contributed by atoms with Crippen molar-refractivity contribution < 1.29 is 13.0 Å². The Morgan fingerprint density at radius 3 is 2.05 bits per heavy atom. The van der Waals surface area contributed by atoms with Crippen LogP contribution in [0.3, 0.4) is 0 Å². The van der Waals surface area contributed by atoms with Gasteiger partial charge in [-0.3, -0.25) is 15.4 Å². The standard InChI is InChI=1S/C30H22N6S3.C10H8N2O3S/c31-20-9-12-21(13-10-20)32-33-22-11-7-18(27(37)15-22)5-6-19-8-14-23(16-28(19)38)36-34-26-17-29(39)24-3-1-2-4-25(24)30(26)35-36;11-9-4-1-6-5-7(16(13,14)15)2-3-8(6)10(9)12/h1-17,37-39H,31H2;1-5,11-12H,(H,13,14,15). The molecule has 0 bridgehead atoms. The highest BCUT2D eigenvalue weighted by molar-refractivity contribution is 7.85. The van der Waals surface area contributed by atoms with Crippen LogP contribution in [0.4, 0.5) is 17.1 Å². The predicted octanol–water partition coefficient (Wildman–Crippen LogP) is 9.96. The molecule has 0 amide bonds. The topological polar surface area (TPSA) is 184 Å². The van der Waals surface area contributed by atoms with Gasteiger partial charge in [-0.15, -0.1) is 48.1 Å². The van der Waals surface area contributed by atoms with Gasteiger partial charge in [0.05, 0.1) is 33.4 Å². The van der Waals surface area contributed by atoms with Crippen LogP contribution in [-0.4, -0.2) is 39.4 Å². The zero-order chi connectivity index (χ0) is 38.9. The molecule has 7 aromatic rings. The van der Waals surface area contributed by atoms with Gasteiger partial charge in [0.2, 0.25) is 0 Å². The second-order valence-electron chi connectivity index (χ2n) is 12.3. The van der Waals surface area contributed by atoms with Gasteiger partial charge in [-0.25, -0.2) is 0 Å². The molecule has 0 saturated carbocycles. The maximum Gasteiger partial charge on any atom is 0.294 e. The molecule has 0 fully saturated rings. The Morgan fingerprint density at radius 1 is 0.709 bits per heavy atom. The first-order chi connectivity index (χ1) is 26.3. The number of nitrogens with zero attached hydrogens (tertiary/aromatic N) is 5. The van der Waals surface area contributed by atoms with Gasteiger partial charge < -0.3 is 5.73 Å². The van der Waals surface area contributed by atoms with Gasteiger partial charge in [0.1, 0.15) is 11.0 Å². The average molecular weight is 799 g/mol. The van der Waals surface area contributed by atoms with Gasteiger partial charge >= 0.3 is 0 Å². The Balaban J connectivity index is 0.000000243. The highest BCUT2D eigenvalue weighted by Crippen LogP contribution is 2.31. The molecule has 0 spiro atoms. The summed E-state index contributed by atoms with van der Waals surface area (Å²) >= 11 is 14.0. The monoisotopic (exact) mass is 798 g/mol. The summed E-state index contributed by atoms with van der Waals surface area (Å²) in [5.41, 5.74) is 13.3. The van der Waals surface area contributed by atoms with Crippen LogP contribution in [0.25, 0.3) is 45.7 Å². The SMILES string of the molecule is N=C1C=Cc2cc(S(=O)(=O)O)ccc2C1=N.Nc1ccc(N=Nc2ccc(C=Cc3ccc(-n4nc5cc(S)c6ccccc6c5n4)cc3S)c(S)c2)cc1. The van der Waals surface area contributed by atoms with Crippen molar-refractivity contribution in [3.8, 4) is 5.69 Å². The number of hydrogen-bond donors (Lipinski definition) is 7. The minimum Gasteiger partial charge on any atom is -0.399 e. The number of rotatable bonds is 6. The number of nitrogens with one attached hydrogen (secondary N) is 2. The number of benzene rings is 6. The average Bonchev–Trinajstić information content (AvgIpc) is 3.60. The third-order valence-electron chi connectivity index (χ3n) is 8.54. The van der Waals surface area contributed by atoms with Crippen LogP contribution >= 0.6 is 37.9 Å². The lowest BCUT2D eigenvalue weighted by molar-refractivity contribution is 0.483. The zero-order valence-electron chi connectivity index (χ0n) is 28.5. The fourth-order valence-electron chi connectivity index (χ4n) is 5.68. The summed E-state index contributed by atoms with van der Waals surface area (Å²) in [6.45, 7) is 0. The molecule has 55 heavy (non-hydrogen) atoms. The third-order valence-corrected chi connectivity index (χ3v) is 10.5. The maximum absolute atomic E-state index is 10.9. The van der Waals surface area contributed by atoms with Crippen molar-refractivity contribution >= 4 is 117 Å². The highest BCUT2D eigenvalue weighted by atomic mass is 32.2. The van der Waals surface area contributed by atoms with Gasteiger partial charge in [0.15, 0.2) is 0 Å². The lowest BCUT2D eigenvalue weighted by Gasteiger charge is -2.12. The molecule has 0 radical (unpaired) electrons. The molecule has 0 saturated heterocycles. The molecular formula is C40H30N8O3S4. The van der Waals surface area contributed by atoms with E-state index in [9.17, 15) is 8.42 Å². The van der Waals surface area contributed by atoms with Crippen molar-refractivity contribution in [3.05, 3.63) is 138 Å². The van der Waals surface area contributed by atoms with Crippen molar-refractivity contribution in [1.29, 1.82) is 10.8 Å². The van der Waals surface area contributed by atoms with Crippen LogP contribution in [0.15, 0.2) is 145 Å². The fourth-order valence-corrected chi connectivity index (χ4v) is 7.08. The summed E-state index contributed by atoms with van der Waals surface area (Å²) in [7, 11) is -4.23. The zero-order valence-corrected chi connectivity index (χ0v) is 32.0. The molecule has 1 heterocycles. The first kappa shape index (κ1) is 37.5. The summed E-state index contributed by atoms with van der Waals surface area (Å²) < 4.78 is 30.7. The van der Waals surface area contributed by atoms with Crippen molar-refractivity contribution in [3.63, 3.8) is 0 Å². The molecule has 11 nitrogen and oxygen atoms in total. The maximum atomic E-state index is 10.9. The molecule has 272 valence electrons. The van der Waals surface area contributed by atoms with Gasteiger partial charge in [0.25, 0.3) is 10.1 Å². The Hall–Kier alpha value is -5.84. The van der Waals surface area contributed by atoms with E-state index < -0.39 is 10.1 Å². The van der Waals surface area contributed by atoms with Crippen LogP contribution in [0.2, 0.25) is 0 Å². The van der Waals surface area contributed by atoms with E-state index >= 15 is 0 Å². The summed E-state index contributed by atoms with van der Waals surface area (Å²) in [6, 6.07) is 32.8. The van der Waals surface area contributed by atoms with E-state index in [2.05, 4.69) is 40.6 Å². The number of aromatic nitrogens is 3. The van der Waals surface area contributed by atoms with Crippen LogP contribution < -0.4 is 5.73 Å². The van der Waals surface area contributed by atoms with Gasteiger partial charge in [-0.2, -0.15) is 23.4 Å². The number of allylic oxidation sites excluding steroid dienone is 1. The van der Waals surface area contributed by atoms with Crippen LogP contribution in [0, 0.1) is 10.8 Å². The minimum absolute atomic E-state index is 0.0411. The van der Waals surface area contributed by atoms with Crippen LogP contribution in [0.5, 0.6) is 0 Å². The first-order valence-electron chi connectivity index (χ1n) is 16.4. The van der Waals surface area contributed by atoms with Crippen molar-refractivity contribution in [2.24, 2.45) is 10.2 Å². The lowest BCUT2D eigenvalue weighted by atomic mass is 9.94. The molecule has 15 heteroatoms. The molecule has 1 aromatic heterocycles. The number of nitrogen functional groups attached to an aromatic ring is 1. The van der Waals surface area contributed by atoms with Gasteiger partial charge in [0, 0.05) is 31.3 Å². The number of nitrogens with two attached hydrogens (primary N) is 1. The Bertz CT molecular complexity index is 2890. The third kappa shape index (κ3) is 8.30. The summed E-state index contributed by atoms with van der Waals surface area (Å²) in [6.07, 6.45) is 6.96. The molecule has 6 aromatic carbocycles. The Morgan fingerprint density at radius 2 is 1.36 bits per heavy atom. The normalized spacial score (nSPS) is 12.8. The van der Waals surface area contributed by atoms with E-state index in [0.29, 0.717) is 22.5 Å².